The van der Waals surface area contributed by atoms with E-state index >= 15 is 0 Å². The highest BCUT2D eigenvalue weighted by Gasteiger charge is 2.29. The first kappa shape index (κ1) is 7.75. The zero-order chi connectivity index (χ0) is 6.91. The summed E-state index contributed by atoms with van der Waals surface area (Å²) in [5.41, 5.74) is -0.0875. The van der Waals surface area contributed by atoms with Gasteiger partial charge in [-0.25, -0.2) is 0 Å². The van der Waals surface area contributed by atoms with Crippen LogP contribution in [0.2, 0.25) is 0 Å². The van der Waals surface area contributed by atoms with Crippen LogP contribution in [0, 0.1) is 0 Å². The van der Waals surface area contributed by atoms with E-state index in [0.717, 1.165) is 11.0 Å². The summed E-state index contributed by atoms with van der Waals surface area (Å²) in [4.78, 5) is 0. The maximum atomic E-state index is 5.43. The van der Waals surface area contributed by atoms with Gasteiger partial charge in [-0.05, 0) is 13.8 Å². The van der Waals surface area contributed by atoms with E-state index in [0.29, 0.717) is 6.04 Å². The van der Waals surface area contributed by atoms with Gasteiger partial charge in [-0.1, -0.05) is 22.6 Å². The quantitative estimate of drug-likeness (QED) is 0.549. The summed E-state index contributed by atoms with van der Waals surface area (Å²) in [5.74, 6) is 0. The van der Waals surface area contributed by atoms with Gasteiger partial charge in [0.25, 0.3) is 0 Å². The molecule has 0 radical (unpaired) electrons. The highest BCUT2D eigenvalue weighted by atomic mass is 127. The minimum absolute atomic E-state index is 0.0875. The van der Waals surface area contributed by atoms with Crippen LogP contribution in [-0.2, 0) is 4.74 Å². The fourth-order valence-electron chi connectivity index (χ4n) is 0.967. The van der Waals surface area contributed by atoms with Crippen LogP contribution in [0.3, 0.4) is 0 Å². The average Bonchev–Trinajstić information content (AvgIpc) is 2.10. The van der Waals surface area contributed by atoms with Gasteiger partial charge in [0.2, 0.25) is 0 Å². The first-order valence-electron chi connectivity index (χ1n) is 3.12. The van der Waals surface area contributed by atoms with Crippen LogP contribution in [0.5, 0.6) is 0 Å². The van der Waals surface area contributed by atoms with Crippen molar-refractivity contribution in [2.45, 2.75) is 25.6 Å². The molecule has 1 fully saturated rings. The van der Waals surface area contributed by atoms with E-state index in [1.165, 1.54) is 0 Å². The fourth-order valence-corrected chi connectivity index (χ4v) is 1.44. The predicted octanol–water partition coefficient (Wildman–Crippen LogP) is 1.15. The van der Waals surface area contributed by atoms with Crippen LogP contribution in [-0.4, -0.2) is 22.8 Å². The second-order valence-corrected chi connectivity index (χ2v) is 3.70. The smallest absolute Gasteiger partial charge is 0.113 e. The number of alkyl halides is 1. The minimum Gasteiger partial charge on any atom is -0.360 e. The lowest BCUT2D eigenvalue weighted by atomic mass is 10.3. The van der Waals surface area contributed by atoms with Gasteiger partial charge in [0.15, 0.2) is 0 Å². The Kier molecular flexibility index (Phi) is 2.34. The molecule has 54 valence electrons. The summed E-state index contributed by atoms with van der Waals surface area (Å²) in [7, 11) is 0. The number of ether oxygens (including phenoxy) is 1. The SMILES string of the molecule is CC1(C)NC(CI)CO1. The molecule has 0 aromatic rings. The van der Waals surface area contributed by atoms with E-state index in [9.17, 15) is 0 Å². The summed E-state index contributed by atoms with van der Waals surface area (Å²) in [6.07, 6.45) is 0. The third-order valence-electron chi connectivity index (χ3n) is 1.38. The van der Waals surface area contributed by atoms with Gasteiger partial charge < -0.3 is 4.74 Å². The lowest BCUT2D eigenvalue weighted by Crippen LogP contribution is -2.38. The Hall–Kier alpha value is 0.650. The zero-order valence-electron chi connectivity index (χ0n) is 5.78. The molecule has 1 atom stereocenters. The molecule has 0 bridgehead atoms. The van der Waals surface area contributed by atoms with E-state index in [1.807, 2.05) is 0 Å². The number of halogens is 1. The topological polar surface area (TPSA) is 21.3 Å². The van der Waals surface area contributed by atoms with E-state index in [1.54, 1.807) is 0 Å². The summed E-state index contributed by atoms with van der Waals surface area (Å²) in [6, 6.07) is 0.556. The zero-order valence-corrected chi connectivity index (χ0v) is 7.94. The molecule has 1 saturated heterocycles. The highest BCUT2D eigenvalue weighted by molar-refractivity contribution is 14.1. The van der Waals surface area contributed by atoms with Gasteiger partial charge in [0.05, 0.1) is 6.61 Å². The Morgan fingerprint density at radius 1 is 1.78 bits per heavy atom. The molecule has 0 amide bonds. The second kappa shape index (κ2) is 2.72. The maximum Gasteiger partial charge on any atom is 0.113 e. The number of nitrogens with one attached hydrogen (secondary N) is 1. The standard InChI is InChI=1S/C6H12INO/c1-6(2)8-5(3-7)4-9-6/h5,8H,3-4H2,1-2H3. The van der Waals surface area contributed by atoms with Gasteiger partial charge >= 0.3 is 0 Å². The van der Waals surface area contributed by atoms with E-state index in [2.05, 4.69) is 41.8 Å². The Bertz CT molecular complexity index is 105. The fraction of sp³-hybridized carbons (Fsp3) is 1.00. The van der Waals surface area contributed by atoms with Crippen molar-refractivity contribution in [2.24, 2.45) is 0 Å². The van der Waals surface area contributed by atoms with E-state index < -0.39 is 0 Å². The minimum atomic E-state index is -0.0875. The van der Waals surface area contributed by atoms with Crippen molar-refractivity contribution >= 4 is 22.6 Å². The van der Waals surface area contributed by atoms with Crippen LogP contribution >= 0.6 is 22.6 Å². The Balaban J connectivity index is 2.38. The lowest BCUT2D eigenvalue weighted by Gasteiger charge is -2.17. The molecule has 0 aromatic heterocycles. The molecule has 2 nitrogen and oxygen atoms in total. The van der Waals surface area contributed by atoms with Crippen molar-refractivity contribution in [3.63, 3.8) is 0 Å². The summed E-state index contributed by atoms with van der Waals surface area (Å²) < 4.78 is 6.55. The summed E-state index contributed by atoms with van der Waals surface area (Å²) >= 11 is 2.36. The summed E-state index contributed by atoms with van der Waals surface area (Å²) in [5, 5.41) is 3.35. The number of hydrogen-bond acceptors (Lipinski definition) is 2. The van der Waals surface area contributed by atoms with Crippen LogP contribution < -0.4 is 5.32 Å². The Labute approximate surface area is 69.5 Å². The van der Waals surface area contributed by atoms with Crippen LogP contribution in [0.15, 0.2) is 0 Å². The normalized spacial score (nSPS) is 33.0. The van der Waals surface area contributed by atoms with Crippen LogP contribution in [0.25, 0.3) is 0 Å². The molecule has 1 rings (SSSR count). The summed E-state index contributed by atoms with van der Waals surface area (Å²) in [6.45, 7) is 4.97. The first-order valence-corrected chi connectivity index (χ1v) is 4.64. The molecule has 3 heteroatoms. The third-order valence-corrected chi connectivity index (χ3v) is 2.45. The van der Waals surface area contributed by atoms with Gasteiger partial charge in [-0.3, -0.25) is 5.32 Å². The molecule has 0 aliphatic carbocycles. The maximum absolute atomic E-state index is 5.43. The molecule has 1 aliphatic heterocycles. The molecular weight excluding hydrogens is 229 g/mol. The molecule has 0 saturated carbocycles. The van der Waals surface area contributed by atoms with Crippen LogP contribution in [0.4, 0.5) is 0 Å². The van der Waals surface area contributed by atoms with E-state index in [-0.39, 0.29) is 5.72 Å². The lowest BCUT2D eigenvalue weighted by molar-refractivity contribution is 0.0232. The van der Waals surface area contributed by atoms with Crippen molar-refractivity contribution in [1.82, 2.24) is 5.32 Å². The molecular formula is C6H12INO. The molecule has 1 aliphatic rings. The second-order valence-electron chi connectivity index (χ2n) is 2.82. The largest absolute Gasteiger partial charge is 0.360 e. The van der Waals surface area contributed by atoms with Gasteiger partial charge in [0.1, 0.15) is 5.72 Å². The van der Waals surface area contributed by atoms with Gasteiger partial charge in [-0.15, -0.1) is 0 Å². The van der Waals surface area contributed by atoms with E-state index in [4.69, 9.17) is 4.74 Å². The molecule has 0 spiro atoms. The van der Waals surface area contributed by atoms with Crippen molar-refractivity contribution in [3.05, 3.63) is 0 Å². The number of rotatable bonds is 1. The van der Waals surface area contributed by atoms with Gasteiger partial charge in [0, 0.05) is 10.5 Å². The monoisotopic (exact) mass is 241 g/mol. The van der Waals surface area contributed by atoms with Crippen molar-refractivity contribution in [2.75, 3.05) is 11.0 Å². The Morgan fingerprint density at radius 3 is 2.67 bits per heavy atom. The molecule has 1 unspecified atom stereocenters. The van der Waals surface area contributed by atoms with Crippen molar-refractivity contribution in [3.8, 4) is 0 Å². The predicted molar refractivity (Wildman–Crippen MR) is 45.8 cm³/mol. The molecule has 1 N–H and O–H groups in total. The number of hydrogen-bond donors (Lipinski definition) is 1. The molecule has 9 heavy (non-hydrogen) atoms. The van der Waals surface area contributed by atoms with Crippen molar-refractivity contribution < 1.29 is 4.74 Å². The highest BCUT2D eigenvalue weighted by Crippen LogP contribution is 2.14. The van der Waals surface area contributed by atoms with Crippen LogP contribution in [0.1, 0.15) is 13.8 Å². The Morgan fingerprint density at radius 2 is 2.44 bits per heavy atom. The van der Waals surface area contributed by atoms with Gasteiger partial charge in [-0.2, -0.15) is 0 Å². The molecule has 0 aromatic carbocycles. The van der Waals surface area contributed by atoms with Crippen molar-refractivity contribution in [1.29, 1.82) is 0 Å². The average molecular weight is 241 g/mol. The first-order chi connectivity index (χ1) is 4.14. The molecule has 1 heterocycles. The third kappa shape index (κ3) is 2.05.